The van der Waals surface area contributed by atoms with Crippen LogP contribution >= 0.6 is 11.9 Å². The number of rotatable bonds is 4. The van der Waals surface area contributed by atoms with Gasteiger partial charge in [-0.1, -0.05) is 42.5 Å². The molecule has 2 heteroatoms. The molecule has 0 saturated heterocycles. The molecule has 0 heterocycles. The Labute approximate surface area is 107 Å². The summed E-state index contributed by atoms with van der Waals surface area (Å²) in [5, 5.41) is 0. The van der Waals surface area contributed by atoms with E-state index in [-0.39, 0.29) is 0 Å². The number of hydrogen-bond donors (Lipinski definition) is 0. The van der Waals surface area contributed by atoms with E-state index >= 15 is 0 Å². The van der Waals surface area contributed by atoms with Gasteiger partial charge in [-0.05, 0) is 37.3 Å². The van der Waals surface area contributed by atoms with Crippen molar-refractivity contribution in [3.8, 4) is 0 Å². The average molecular weight is 243 g/mol. The predicted molar refractivity (Wildman–Crippen MR) is 78.1 cm³/mol. The van der Waals surface area contributed by atoms with Crippen LogP contribution in [-0.4, -0.2) is 6.21 Å². The van der Waals surface area contributed by atoms with E-state index in [1.807, 2.05) is 30.5 Å². The molecule has 0 unspecified atom stereocenters. The Bertz CT molecular complexity index is 418. The lowest BCUT2D eigenvalue weighted by molar-refractivity contribution is 0.723. The first-order chi connectivity index (χ1) is 8.45. The maximum Gasteiger partial charge on any atom is 0.0355 e. The molecule has 2 rings (SSSR count). The summed E-state index contributed by atoms with van der Waals surface area (Å²) in [4.78, 5) is 1.42. The summed E-state index contributed by atoms with van der Waals surface area (Å²) in [7, 11) is 0. The van der Waals surface area contributed by atoms with Gasteiger partial charge in [0.05, 0.1) is 0 Å². The molecule has 88 valence electrons. The van der Waals surface area contributed by atoms with Crippen molar-refractivity contribution in [2.75, 3.05) is 0 Å². The van der Waals surface area contributed by atoms with Crippen molar-refractivity contribution >= 4 is 24.2 Å². The molecule has 1 nitrogen and oxygen atoms in total. The van der Waals surface area contributed by atoms with Crippen molar-refractivity contribution in [3.05, 3.63) is 53.0 Å². The lowest BCUT2D eigenvalue weighted by atomic mass is 10.1. The molecule has 0 saturated carbocycles. The summed E-state index contributed by atoms with van der Waals surface area (Å²) in [5.41, 5.74) is 1.21. The van der Waals surface area contributed by atoms with E-state index in [9.17, 15) is 0 Å². The Kier molecular flexibility index (Phi) is 5.11. The van der Waals surface area contributed by atoms with E-state index in [1.165, 1.54) is 36.2 Å². The fraction of sp³-hybridized carbons (Fsp3) is 0.267. The highest BCUT2D eigenvalue weighted by atomic mass is 32.2. The zero-order valence-corrected chi connectivity index (χ0v) is 10.7. The van der Waals surface area contributed by atoms with Crippen molar-refractivity contribution in [1.29, 1.82) is 0 Å². The van der Waals surface area contributed by atoms with Gasteiger partial charge in [0.1, 0.15) is 0 Å². The van der Waals surface area contributed by atoms with Gasteiger partial charge in [-0.3, -0.25) is 0 Å². The van der Waals surface area contributed by atoms with Crippen LogP contribution in [0.25, 0.3) is 6.08 Å². The van der Waals surface area contributed by atoms with Gasteiger partial charge in [0.15, 0.2) is 0 Å². The fourth-order valence-corrected chi connectivity index (χ4v) is 2.44. The molecule has 0 aliphatic heterocycles. The molecule has 17 heavy (non-hydrogen) atoms. The van der Waals surface area contributed by atoms with E-state index in [4.69, 9.17) is 0 Å². The van der Waals surface area contributed by atoms with Gasteiger partial charge in [-0.25, -0.2) is 4.40 Å². The van der Waals surface area contributed by atoms with Crippen LogP contribution in [-0.2, 0) is 0 Å². The van der Waals surface area contributed by atoms with E-state index in [0.717, 1.165) is 0 Å². The van der Waals surface area contributed by atoms with Crippen molar-refractivity contribution in [1.82, 2.24) is 0 Å². The molecule has 0 radical (unpaired) electrons. The highest BCUT2D eigenvalue weighted by Crippen LogP contribution is 2.27. The molecule has 0 fully saturated rings. The highest BCUT2D eigenvalue weighted by Gasteiger charge is 2.02. The predicted octanol–water partition coefficient (Wildman–Crippen LogP) is 4.88. The second-order valence-corrected chi connectivity index (χ2v) is 4.95. The van der Waals surface area contributed by atoms with E-state index in [1.54, 1.807) is 11.9 Å². The molecule has 0 N–H and O–H groups in total. The van der Waals surface area contributed by atoms with Crippen molar-refractivity contribution < 1.29 is 0 Å². The molecule has 0 bridgehead atoms. The molecule has 1 aliphatic rings. The van der Waals surface area contributed by atoms with Crippen LogP contribution in [0.5, 0.6) is 0 Å². The molecule has 0 atom stereocenters. The third-order valence-corrected chi connectivity index (χ3v) is 3.49. The second kappa shape index (κ2) is 7.13. The number of allylic oxidation sites excluding steroid dienone is 3. The lowest BCUT2D eigenvalue weighted by Gasteiger charge is -2.07. The van der Waals surface area contributed by atoms with Crippen LogP contribution in [0.2, 0.25) is 0 Å². The SMILES string of the molecule is C1=C(S/N=C/C=C/c2ccccc2)CCCC1. The highest BCUT2D eigenvalue weighted by molar-refractivity contribution is 8.01. The first kappa shape index (κ1) is 12.2. The van der Waals surface area contributed by atoms with Crippen LogP contribution in [0.15, 0.2) is 51.8 Å². The third kappa shape index (κ3) is 4.61. The van der Waals surface area contributed by atoms with E-state index < -0.39 is 0 Å². The monoisotopic (exact) mass is 243 g/mol. The van der Waals surface area contributed by atoms with Crippen LogP contribution in [0.3, 0.4) is 0 Å². The first-order valence-corrected chi connectivity index (χ1v) is 6.83. The van der Waals surface area contributed by atoms with Crippen molar-refractivity contribution in [3.63, 3.8) is 0 Å². The molecule has 1 aromatic carbocycles. The van der Waals surface area contributed by atoms with Gasteiger partial charge in [0.2, 0.25) is 0 Å². The molecule has 1 aliphatic carbocycles. The number of benzene rings is 1. The van der Waals surface area contributed by atoms with Gasteiger partial charge in [-0.15, -0.1) is 0 Å². The summed E-state index contributed by atoms with van der Waals surface area (Å²) in [5.74, 6) is 0. The summed E-state index contributed by atoms with van der Waals surface area (Å²) < 4.78 is 4.35. The maximum absolute atomic E-state index is 4.35. The average Bonchev–Trinajstić information content (AvgIpc) is 2.41. The fourth-order valence-electron chi connectivity index (χ4n) is 1.74. The largest absolute Gasteiger partial charge is 0.220 e. The topological polar surface area (TPSA) is 12.4 Å². The molecule has 0 spiro atoms. The van der Waals surface area contributed by atoms with E-state index in [0.29, 0.717) is 0 Å². The normalized spacial score (nSPS) is 16.6. The molecule has 0 aromatic heterocycles. The maximum atomic E-state index is 4.35. The molecular formula is C15H17NS. The summed E-state index contributed by atoms with van der Waals surface area (Å²) in [6.07, 6.45) is 13.3. The quantitative estimate of drug-likeness (QED) is 0.542. The minimum absolute atomic E-state index is 1.20. The Hall–Kier alpha value is -1.28. The Morgan fingerprint density at radius 1 is 1.12 bits per heavy atom. The lowest BCUT2D eigenvalue weighted by Crippen LogP contribution is -1.86. The van der Waals surface area contributed by atoms with Crippen LogP contribution < -0.4 is 0 Å². The van der Waals surface area contributed by atoms with Gasteiger partial charge >= 0.3 is 0 Å². The first-order valence-electron chi connectivity index (χ1n) is 6.06. The van der Waals surface area contributed by atoms with Crippen LogP contribution in [0.1, 0.15) is 31.2 Å². The Morgan fingerprint density at radius 3 is 2.76 bits per heavy atom. The van der Waals surface area contributed by atoms with E-state index in [2.05, 4.69) is 28.7 Å². The van der Waals surface area contributed by atoms with Gasteiger partial charge in [-0.2, -0.15) is 0 Å². The summed E-state index contributed by atoms with van der Waals surface area (Å²) in [6, 6.07) is 10.3. The zero-order chi connectivity index (χ0) is 11.8. The smallest absolute Gasteiger partial charge is 0.0355 e. The van der Waals surface area contributed by atoms with Gasteiger partial charge < -0.3 is 0 Å². The standard InChI is InChI=1S/C15H17NS/c1-3-8-14(9-4-1)10-7-13-16-17-15-11-5-2-6-12-15/h1,3-4,7-11,13H,2,5-6,12H2/b10-7+,16-13+. The van der Waals surface area contributed by atoms with Crippen molar-refractivity contribution in [2.24, 2.45) is 4.40 Å². The zero-order valence-electron chi connectivity index (χ0n) is 9.88. The number of nitrogens with zero attached hydrogens (tertiary/aromatic N) is 1. The van der Waals surface area contributed by atoms with Gasteiger partial charge in [0, 0.05) is 23.1 Å². The molecular weight excluding hydrogens is 226 g/mol. The number of hydrogen-bond acceptors (Lipinski definition) is 2. The van der Waals surface area contributed by atoms with Gasteiger partial charge in [0.25, 0.3) is 0 Å². The molecule has 1 aromatic rings. The summed E-state index contributed by atoms with van der Waals surface area (Å²) >= 11 is 1.61. The molecule has 0 amide bonds. The Balaban J connectivity index is 1.78. The van der Waals surface area contributed by atoms with Crippen molar-refractivity contribution in [2.45, 2.75) is 25.7 Å². The van der Waals surface area contributed by atoms with Crippen LogP contribution in [0.4, 0.5) is 0 Å². The van der Waals surface area contributed by atoms with Crippen LogP contribution in [0, 0.1) is 0 Å². The summed E-state index contributed by atoms with van der Waals surface area (Å²) in [6.45, 7) is 0. The minimum atomic E-state index is 1.20. The third-order valence-electron chi connectivity index (χ3n) is 2.65. The Morgan fingerprint density at radius 2 is 2.00 bits per heavy atom. The minimum Gasteiger partial charge on any atom is -0.220 e. The second-order valence-electron chi connectivity index (χ2n) is 4.03.